The van der Waals surface area contributed by atoms with E-state index in [1.165, 1.54) is 11.1 Å². The third-order valence-corrected chi connectivity index (χ3v) is 9.50. The SMILES string of the molecule is Cc1ccc(-c2ccc([C@H]3[C@H]4CN(S(=O)(=O)c5cccc(C)c5)CCCCN4[C@H]3CO)cc2)cc1. The van der Waals surface area contributed by atoms with Crippen LogP contribution in [0.3, 0.4) is 0 Å². The van der Waals surface area contributed by atoms with E-state index >= 15 is 0 Å². The van der Waals surface area contributed by atoms with Gasteiger partial charge in [-0.05, 0) is 67.6 Å². The second-order valence-corrected chi connectivity index (χ2v) is 11.9. The lowest BCUT2D eigenvalue weighted by Crippen LogP contribution is -2.67. The van der Waals surface area contributed by atoms with Crippen LogP contribution in [0.15, 0.2) is 77.7 Å². The molecule has 0 bridgehead atoms. The summed E-state index contributed by atoms with van der Waals surface area (Å²) in [5.74, 6) is 0.0976. The van der Waals surface area contributed by atoms with E-state index in [4.69, 9.17) is 0 Å². The summed E-state index contributed by atoms with van der Waals surface area (Å²) < 4.78 is 28.8. The lowest BCUT2D eigenvalue weighted by Gasteiger charge is -2.57. The van der Waals surface area contributed by atoms with Crippen LogP contribution in [0, 0.1) is 13.8 Å². The maximum Gasteiger partial charge on any atom is 0.243 e. The van der Waals surface area contributed by atoms with Gasteiger partial charge in [-0.1, -0.05) is 66.2 Å². The lowest BCUT2D eigenvalue weighted by atomic mass is 9.74. The van der Waals surface area contributed by atoms with Crippen molar-refractivity contribution >= 4 is 10.0 Å². The molecule has 2 aliphatic heterocycles. The van der Waals surface area contributed by atoms with Crippen LogP contribution < -0.4 is 0 Å². The van der Waals surface area contributed by atoms with Crippen molar-refractivity contribution < 1.29 is 13.5 Å². The van der Waals surface area contributed by atoms with E-state index in [9.17, 15) is 13.5 Å². The largest absolute Gasteiger partial charge is 0.395 e. The molecule has 2 saturated heterocycles. The molecule has 2 fully saturated rings. The highest BCUT2D eigenvalue weighted by atomic mass is 32.2. The predicted molar refractivity (Wildman–Crippen MR) is 140 cm³/mol. The van der Waals surface area contributed by atoms with Crippen LogP contribution in [-0.4, -0.2) is 61.1 Å². The first-order valence-corrected chi connectivity index (χ1v) is 13.9. The number of hydrogen-bond donors (Lipinski definition) is 1. The van der Waals surface area contributed by atoms with Gasteiger partial charge in [-0.3, -0.25) is 4.90 Å². The van der Waals surface area contributed by atoms with Gasteiger partial charge in [-0.2, -0.15) is 4.31 Å². The summed E-state index contributed by atoms with van der Waals surface area (Å²) >= 11 is 0. The number of aliphatic hydroxyl groups is 1. The summed E-state index contributed by atoms with van der Waals surface area (Å²) in [5, 5.41) is 10.2. The summed E-state index contributed by atoms with van der Waals surface area (Å²) in [6, 6.07) is 24.3. The highest BCUT2D eigenvalue weighted by Gasteiger charge is 2.50. The molecule has 2 aliphatic rings. The second kappa shape index (κ2) is 9.86. The molecule has 5 rings (SSSR count). The Morgan fingerprint density at radius 3 is 2.17 bits per heavy atom. The Kier molecular flexibility index (Phi) is 6.82. The summed E-state index contributed by atoms with van der Waals surface area (Å²) in [4.78, 5) is 2.68. The van der Waals surface area contributed by atoms with E-state index in [0.717, 1.165) is 36.1 Å². The average Bonchev–Trinajstić information content (AvgIpc) is 2.84. The van der Waals surface area contributed by atoms with E-state index < -0.39 is 10.0 Å². The molecule has 0 spiro atoms. The number of aliphatic hydroxyl groups excluding tert-OH is 1. The lowest BCUT2D eigenvalue weighted by molar-refractivity contribution is -0.0553. The van der Waals surface area contributed by atoms with Crippen molar-refractivity contribution in [3.05, 3.63) is 89.5 Å². The van der Waals surface area contributed by atoms with Gasteiger partial charge in [0.05, 0.1) is 11.5 Å². The fraction of sp³-hybridized carbons (Fsp3) is 0.379. The molecule has 0 amide bonds. The van der Waals surface area contributed by atoms with Gasteiger partial charge in [0.1, 0.15) is 0 Å². The molecule has 5 nitrogen and oxygen atoms in total. The van der Waals surface area contributed by atoms with Gasteiger partial charge in [-0.25, -0.2) is 8.42 Å². The molecule has 1 N–H and O–H groups in total. The van der Waals surface area contributed by atoms with E-state index in [-0.39, 0.29) is 24.6 Å². The Labute approximate surface area is 209 Å². The normalized spacial score (nSPS) is 23.7. The standard InChI is InChI=1S/C29H34N2O3S/c1-21-8-10-23(11-9-21)24-12-14-25(15-13-24)29-27-19-30(16-3-4-17-31(27)28(29)20-32)35(33,34)26-7-5-6-22(2)18-26/h5-15,18,27-29,32H,3-4,16-17,19-20H2,1-2H3/t27-,28+,29+/m1/s1. The Hall–Kier alpha value is -2.51. The molecule has 0 aromatic heterocycles. The molecule has 3 aromatic carbocycles. The molecule has 6 heteroatoms. The molecule has 3 aromatic rings. The second-order valence-electron chi connectivity index (χ2n) is 9.96. The van der Waals surface area contributed by atoms with Crippen LogP contribution in [-0.2, 0) is 10.0 Å². The average molecular weight is 491 g/mol. The van der Waals surface area contributed by atoms with Crippen molar-refractivity contribution in [1.82, 2.24) is 9.21 Å². The van der Waals surface area contributed by atoms with Crippen LogP contribution in [0.25, 0.3) is 11.1 Å². The smallest absolute Gasteiger partial charge is 0.243 e. The van der Waals surface area contributed by atoms with E-state index in [0.29, 0.717) is 18.0 Å². The van der Waals surface area contributed by atoms with Crippen molar-refractivity contribution in [3.63, 3.8) is 0 Å². The maximum atomic E-state index is 13.6. The van der Waals surface area contributed by atoms with E-state index in [1.807, 2.05) is 19.1 Å². The topological polar surface area (TPSA) is 60.9 Å². The van der Waals surface area contributed by atoms with Gasteiger partial charge in [0.2, 0.25) is 10.0 Å². The van der Waals surface area contributed by atoms with E-state index in [1.54, 1.807) is 16.4 Å². The van der Waals surface area contributed by atoms with Crippen LogP contribution in [0.1, 0.15) is 35.4 Å². The Balaban J connectivity index is 1.42. The Bertz CT molecular complexity index is 1270. The molecule has 0 saturated carbocycles. The van der Waals surface area contributed by atoms with Gasteiger partial charge in [-0.15, -0.1) is 0 Å². The maximum absolute atomic E-state index is 13.6. The van der Waals surface area contributed by atoms with Gasteiger partial charge >= 0.3 is 0 Å². The van der Waals surface area contributed by atoms with Crippen LogP contribution in [0.2, 0.25) is 0 Å². The third-order valence-electron chi connectivity index (χ3n) is 7.64. The first-order valence-electron chi connectivity index (χ1n) is 12.5. The van der Waals surface area contributed by atoms with Gasteiger partial charge < -0.3 is 5.11 Å². The third kappa shape index (κ3) is 4.68. The van der Waals surface area contributed by atoms with Crippen LogP contribution in [0.4, 0.5) is 0 Å². The van der Waals surface area contributed by atoms with Crippen molar-refractivity contribution in [1.29, 1.82) is 0 Å². The number of rotatable bonds is 5. The molecular weight excluding hydrogens is 456 g/mol. The molecule has 0 radical (unpaired) electrons. The zero-order valence-corrected chi connectivity index (χ0v) is 21.3. The fourth-order valence-electron chi connectivity index (χ4n) is 5.70. The predicted octanol–water partition coefficient (Wildman–Crippen LogP) is 4.58. The Morgan fingerprint density at radius 1 is 0.857 bits per heavy atom. The van der Waals surface area contributed by atoms with Gasteiger partial charge in [0.25, 0.3) is 0 Å². The number of fused-ring (bicyclic) bond motifs is 1. The molecule has 0 unspecified atom stereocenters. The zero-order valence-electron chi connectivity index (χ0n) is 20.5. The van der Waals surface area contributed by atoms with E-state index in [2.05, 4.69) is 60.4 Å². The number of aryl methyl sites for hydroxylation is 2. The number of hydrogen-bond acceptors (Lipinski definition) is 4. The Morgan fingerprint density at radius 2 is 1.51 bits per heavy atom. The molecule has 184 valence electrons. The van der Waals surface area contributed by atoms with Crippen molar-refractivity contribution in [3.8, 4) is 11.1 Å². The minimum Gasteiger partial charge on any atom is -0.395 e. The highest BCUT2D eigenvalue weighted by molar-refractivity contribution is 7.89. The molecule has 3 atom stereocenters. The quantitative estimate of drug-likeness (QED) is 0.569. The van der Waals surface area contributed by atoms with Gasteiger partial charge in [0.15, 0.2) is 0 Å². The minimum atomic E-state index is -3.58. The number of sulfonamides is 1. The highest BCUT2D eigenvalue weighted by Crippen LogP contribution is 2.43. The zero-order chi connectivity index (χ0) is 24.6. The van der Waals surface area contributed by atoms with Crippen molar-refractivity contribution in [2.45, 2.75) is 49.6 Å². The van der Waals surface area contributed by atoms with Crippen LogP contribution in [0.5, 0.6) is 0 Å². The molecule has 0 aliphatic carbocycles. The van der Waals surface area contributed by atoms with Crippen molar-refractivity contribution in [2.24, 2.45) is 0 Å². The number of nitrogens with zero attached hydrogens (tertiary/aromatic N) is 2. The summed E-state index contributed by atoms with van der Waals surface area (Å²) in [6.07, 6.45) is 1.74. The summed E-state index contributed by atoms with van der Waals surface area (Å²) in [7, 11) is -3.58. The monoisotopic (exact) mass is 490 g/mol. The van der Waals surface area contributed by atoms with Crippen molar-refractivity contribution in [2.75, 3.05) is 26.2 Å². The van der Waals surface area contributed by atoms with Gasteiger partial charge in [0, 0.05) is 31.1 Å². The first kappa shape index (κ1) is 24.2. The number of benzene rings is 3. The molecule has 2 heterocycles. The summed E-state index contributed by atoms with van der Waals surface area (Å²) in [5.41, 5.74) is 5.68. The van der Waals surface area contributed by atoms with Crippen LogP contribution >= 0.6 is 0 Å². The minimum absolute atomic E-state index is 0.0202. The fourth-order valence-corrected chi connectivity index (χ4v) is 7.30. The molecular formula is C29H34N2O3S. The molecule has 35 heavy (non-hydrogen) atoms. The first-order chi connectivity index (χ1) is 16.9. The summed E-state index contributed by atoms with van der Waals surface area (Å²) in [6.45, 7) is 5.95.